The second kappa shape index (κ2) is 7.63. The van der Waals surface area contributed by atoms with Crippen molar-refractivity contribution in [3.8, 4) is 0 Å². The van der Waals surface area contributed by atoms with Gasteiger partial charge in [0.15, 0.2) is 0 Å². The minimum Gasteiger partial charge on any atom is -0.464 e. The topological polar surface area (TPSA) is 115 Å². The molecular weight excluding hydrogens is 319 g/mol. The summed E-state index contributed by atoms with van der Waals surface area (Å²) in [5.74, 6) is -0.653. The van der Waals surface area contributed by atoms with Gasteiger partial charge in [-0.3, -0.25) is 10.2 Å². The van der Waals surface area contributed by atoms with Crippen LogP contribution in [-0.2, 0) is 11.0 Å². The molecule has 0 aliphatic heterocycles. The molecule has 1 unspecified atom stereocenters. The van der Waals surface area contributed by atoms with Crippen LogP contribution in [0.2, 0.25) is 0 Å². The van der Waals surface area contributed by atoms with Crippen LogP contribution in [0.1, 0.15) is 19.5 Å². The average Bonchev–Trinajstić information content (AvgIpc) is 2.45. The van der Waals surface area contributed by atoms with Crippen molar-refractivity contribution in [1.82, 2.24) is 15.8 Å². The second-order valence-corrected chi connectivity index (χ2v) is 4.43. The molecule has 0 spiro atoms. The molecule has 8 nitrogen and oxygen atoms in total. The van der Waals surface area contributed by atoms with Crippen LogP contribution in [0.25, 0.3) is 0 Å². The van der Waals surface area contributed by atoms with Crippen LogP contribution >= 0.6 is 0 Å². The molecule has 23 heavy (non-hydrogen) atoms. The maximum absolute atomic E-state index is 12.7. The van der Waals surface area contributed by atoms with Gasteiger partial charge < -0.3 is 15.7 Å². The predicted octanol–water partition coefficient (Wildman–Crippen LogP) is 1.63. The van der Waals surface area contributed by atoms with Crippen LogP contribution in [-0.4, -0.2) is 34.7 Å². The lowest BCUT2D eigenvalue weighted by molar-refractivity contribution is -0.141. The number of anilines is 2. The third-order valence-electron chi connectivity index (χ3n) is 2.61. The molecule has 1 aromatic heterocycles. The highest BCUT2D eigenvalue weighted by molar-refractivity contribution is 5.97. The van der Waals surface area contributed by atoms with Crippen molar-refractivity contribution in [2.24, 2.45) is 0 Å². The van der Waals surface area contributed by atoms with Crippen molar-refractivity contribution < 1.29 is 27.9 Å². The highest BCUT2D eigenvalue weighted by Gasteiger charge is 2.33. The zero-order chi connectivity index (χ0) is 17.6. The van der Waals surface area contributed by atoms with Gasteiger partial charge in [-0.2, -0.15) is 13.2 Å². The molecule has 0 saturated carbocycles. The summed E-state index contributed by atoms with van der Waals surface area (Å²) in [7, 11) is 0. The van der Waals surface area contributed by atoms with Gasteiger partial charge in [0, 0.05) is 6.54 Å². The van der Waals surface area contributed by atoms with Crippen molar-refractivity contribution in [1.29, 1.82) is 0 Å². The van der Waals surface area contributed by atoms with E-state index in [1.165, 1.54) is 6.92 Å². The Kier molecular flexibility index (Phi) is 6.13. The average molecular weight is 335 g/mol. The summed E-state index contributed by atoms with van der Waals surface area (Å²) in [5.41, 5.74) is 3.03. The maximum Gasteiger partial charge on any atom is 0.433 e. The van der Waals surface area contributed by atoms with Gasteiger partial charge in [-0.1, -0.05) is 0 Å². The van der Waals surface area contributed by atoms with Crippen LogP contribution in [0, 0.1) is 0 Å². The summed E-state index contributed by atoms with van der Waals surface area (Å²) in [5, 5.41) is 13.5. The number of nitrogens with zero attached hydrogens (tertiary/aromatic N) is 1. The van der Waals surface area contributed by atoms with E-state index in [4.69, 9.17) is 5.11 Å². The number of rotatable bonds is 6. The van der Waals surface area contributed by atoms with Crippen LogP contribution in [0.15, 0.2) is 12.3 Å². The number of amides is 2. The van der Waals surface area contributed by atoms with Crippen molar-refractivity contribution in [2.75, 3.05) is 17.2 Å². The lowest BCUT2D eigenvalue weighted by Crippen LogP contribution is -2.48. The first kappa shape index (κ1) is 18.5. The van der Waals surface area contributed by atoms with Crippen LogP contribution < -0.4 is 21.5 Å². The van der Waals surface area contributed by atoms with Gasteiger partial charge in [-0.15, -0.1) is 0 Å². The van der Waals surface area contributed by atoms with Crippen LogP contribution in [0.3, 0.4) is 0 Å². The van der Waals surface area contributed by atoms with Crippen molar-refractivity contribution in [3.05, 3.63) is 18.0 Å². The van der Waals surface area contributed by atoms with E-state index >= 15 is 0 Å². The van der Waals surface area contributed by atoms with Gasteiger partial charge in [0.2, 0.25) is 5.91 Å². The van der Waals surface area contributed by atoms with E-state index in [-0.39, 0.29) is 11.4 Å². The summed E-state index contributed by atoms with van der Waals surface area (Å²) in [6, 6.07) is -0.171. The second-order valence-electron chi connectivity index (χ2n) is 4.43. The summed E-state index contributed by atoms with van der Waals surface area (Å²) in [6.45, 7) is 3.38. The Labute approximate surface area is 129 Å². The number of carbonyl (C=O) groups excluding carboxylic acids is 1. The fourth-order valence-corrected chi connectivity index (χ4v) is 1.52. The molecule has 1 heterocycles. The Hall–Kier alpha value is -2.56. The molecule has 0 bridgehead atoms. The molecule has 2 amide bonds. The summed E-state index contributed by atoms with van der Waals surface area (Å²) < 4.78 is 38.0. The van der Waals surface area contributed by atoms with E-state index in [2.05, 4.69) is 21.0 Å². The molecule has 5 N–H and O–H groups in total. The number of nitrogens with one attached hydrogen (secondary N) is 4. The standard InChI is InChI=1S/C12H16F3N5O3/c1-3-16-7-4-9(12(13,14)15)17-5-8(7)18-10(21)6(2)19-20-11(22)23/h4-6,19-20H,3H2,1-2H3,(H,16,17)(H,18,21)(H,22,23). The first-order valence-corrected chi connectivity index (χ1v) is 6.51. The number of halogens is 3. The Bertz CT molecular complexity index is 580. The van der Waals surface area contributed by atoms with E-state index in [0.29, 0.717) is 6.54 Å². The van der Waals surface area contributed by atoms with Crippen LogP contribution in [0.5, 0.6) is 0 Å². The Balaban J connectivity index is 2.90. The van der Waals surface area contributed by atoms with Crippen molar-refractivity contribution in [3.63, 3.8) is 0 Å². The van der Waals surface area contributed by atoms with Gasteiger partial charge in [0.05, 0.1) is 17.6 Å². The number of hydrazine groups is 1. The fourth-order valence-electron chi connectivity index (χ4n) is 1.52. The zero-order valence-electron chi connectivity index (χ0n) is 12.3. The molecule has 128 valence electrons. The number of pyridine rings is 1. The number of aromatic nitrogens is 1. The van der Waals surface area contributed by atoms with Gasteiger partial charge in [0.1, 0.15) is 11.7 Å². The molecule has 11 heteroatoms. The molecule has 0 aliphatic carbocycles. The van der Waals surface area contributed by atoms with Crippen molar-refractivity contribution in [2.45, 2.75) is 26.1 Å². The third-order valence-corrected chi connectivity index (χ3v) is 2.61. The number of carboxylic acid groups (broad SMARTS) is 1. The van der Waals surface area contributed by atoms with E-state index in [0.717, 1.165) is 12.3 Å². The molecule has 0 aromatic carbocycles. The predicted molar refractivity (Wildman–Crippen MR) is 75.8 cm³/mol. The van der Waals surface area contributed by atoms with Gasteiger partial charge in [-0.05, 0) is 19.9 Å². The van der Waals surface area contributed by atoms with E-state index < -0.39 is 29.9 Å². The minimum absolute atomic E-state index is 0.0498. The van der Waals surface area contributed by atoms with E-state index in [1.54, 1.807) is 12.3 Å². The molecular formula is C12H16F3N5O3. The quantitative estimate of drug-likeness (QED) is 0.505. The van der Waals surface area contributed by atoms with E-state index in [9.17, 15) is 22.8 Å². The maximum atomic E-state index is 12.7. The van der Waals surface area contributed by atoms with Gasteiger partial charge >= 0.3 is 12.3 Å². The molecule has 0 saturated heterocycles. The number of hydrogen-bond acceptors (Lipinski definition) is 5. The minimum atomic E-state index is -4.60. The number of hydrogen-bond donors (Lipinski definition) is 5. The fraction of sp³-hybridized carbons (Fsp3) is 0.417. The molecule has 0 fully saturated rings. The van der Waals surface area contributed by atoms with Crippen LogP contribution in [0.4, 0.5) is 29.3 Å². The third kappa shape index (κ3) is 5.62. The lowest BCUT2D eigenvalue weighted by atomic mass is 10.2. The summed E-state index contributed by atoms with van der Waals surface area (Å²) in [4.78, 5) is 25.5. The number of alkyl halides is 3. The highest BCUT2D eigenvalue weighted by atomic mass is 19.4. The Morgan fingerprint density at radius 1 is 1.35 bits per heavy atom. The zero-order valence-corrected chi connectivity index (χ0v) is 12.3. The van der Waals surface area contributed by atoms with Gasteiger partial charge in [-0.25, -0.2) is 15.2 Å². The monoisotopic (exact) mass is 335 g/mol. The smallest absolute Gasteiger partial charge is 0.433 e. The molecule has 0 radical (unpaired) electrons. The first-order chi connectivity index (χ1) is 10.6. The molecule has 1 aromatic rings. The lowest BCUT2D eigenvalue weighted by Gasteiger charge is -2.17. The molecule has 1 rings (SSSR count). The summed E-state index contributed by atoms with van der Waals surface area (Å²) in [6.07, 6.45) is -5.10. The SMILES string of the molecule is CCNc1cc(C(F)(F)F)ncc1NC(=O)C(C)NNC(=O)O. The normalized spacial score (nSPS) is 12.4. The van der Waals surface area contributed by atoms with Crippen molar-refractivity contribution >= 4 is 23.4 Å². The Morgan fingerprint density at radius 3 is 2.52 bits per heavy atom. The van der Waals surface area contributed by atoms with Gasteiger partial charge in [0.25, 0.3) is 0 Å². The Morgan fingerprint density at radius 2 is 2.00 bits per heavy atom. The first-order valence-electron chi connectivity index (χ1n) is 6.51. The highest BCUT2D eigenvalue weighted by Crippen LogP contribution is 2.32. The molecule has 1 atom stereocenters. The number of carbonyl (C=O) groups is 2. The van der Waals surface area contributed by atoms with E-state index in [1.807, 2.05) is 0 Å². The largest absolute Gasteiger partial charge is 0.464 e. The summed E-state index contributed by atoms with van der Waals surface area (Å²) >= 11 is 0. The molecule has 0 aliphatic rings.